The van der Waals surface area contributed by atoms with Crippen molar-refractivity contribution >= 4 is 50.4 Å². The molecule has 2 aromatic carbocycles. The number of hydrogen-bond acceptors (Lipinski definition) is 9. The molecular weight excluding hydrogens is 586 g/mol. The summed E-state index contributed by atoms with van der Waals surface area (Å²) >= 11 is 5.97. The first-order chi connectivity index (χ1) is 20.8. The van der Waals surface area contributed by atoms with Crippen LogP contribution in [0.25, 0.3) is 11.3 Å². The molecule has 43 heavy (non-hydrogen) atoms. The van der Waals surface area contributed by atoms with Crippen LogP contribution in [0.4, 0.5) is 11.8 Å². The van der Waals surface area contributed by atoms with Crippen LogP contribution >= 0.6 is 11.6 Å². The highest BCUT2D eigenvalue weighted by Crippen LogP contribution is 2.38. The molecule has 0 radical (unpaired) electrons. The van der Waals surface area contributed by atoms with E-state index in [2.05, 4.69) is 15.3 Å². The first-order valence-corrected chi connectivity index (χ1v) is 15.7. The van der Waals surface area contributed by atoms with Gasteiger partial charge in [0.15, 0.2) is 11.6 Å². The number of aliphatic imine (C=N–C) groups is 1. The molecule has 1 saturated heterocycles. The minimum atomic E-state index is -3.66. The van der Waals surface area contributed by atoms with E-state index in [9.17, 15) is 8.42 Å². The zero-order chi connectivity index (χ0) is 30.0. The Bertz CT molecular complexity index is 1810. The van der Waals surface area contributed by atoms with E-state index < -0.39 is 10.0 Å². The number of allylic oxidation sites excluding steroid dienone is 1. The monoisotopic (exact) mass is 615 g/mol. The third-order valence-corrected chi connectivity index (χ3v) is 9.63. The van der Waals surface area contributed by atoms with Crippen LogP contribution in [0.2, 0.25) is 5.02 Å². The van der Waals surface area contributed by atoms with E-state index in [1.807, 2.05) is 42.5 Å². The number of rotatable bonds is 8. The molecule has 2 aromatic heterocycles. The summed E-state index contributed by atoms with van der Waals surface area (Å²) in [6, 6.07) is 19.7. The Morgan fingerprint density at radius 1 is 1.05 bits per heavy atom. The van der Waals surface area contributed by atoms with Crippen molar-refractivity contribution in [1.82, 2.24) is 19.3 Å². The third-order valence-electron chi connectivity index (χ3n) is 7.50. The molecule has 0 amide bonds. The molecule has 0 bridgehead atoms. The van der Waals surface area contributed by atoms with Crippen molar-refractivity contribution < 1.29 is 13.2 Å². The van der Waals surface area contributed by atoms with Gasteiger partial charge in [-0.05, 0) is 60.4 Å². The molecule has 10 nitrogen and oxygen atoms in total. The van der Waals surface area contributed by atoms with Crippen molar-refractivity contribution in [2.24, 2.45) is 4.99 Å². The zero-order valence-electron chi connectivity index (χ0n) is 23.4. The second kappa shape index (κ2) is 12.1. The van der Waals surface area contributed by atoms with Crippen molar-refractivity contribution in [2.75, 3.05) is 31.2 Å². The van der Waals surface area contributed by atoms with Gasteiger partial charge in [-0.3, -0.25) is 0 Å². The number of sulfonamides is 1. The quantitative estimate of drug-likeness (QED) is 0.278. The van der Waals surface area contributed by atoms with Crippen molar-refractivity contribution in [3.05, 3.63) is 101 Å². The molecule has 4 aromatic rings. The predicted octanol–water partition coefficient (Wildman–Crippen LogP) is 5.14. The van der Waals surface area contributed by atoms with Gasteiger partial charge in [-0.1, -0.05) is 41.9 Å². The van der Waals surface area contributed by atoms with E-state index in [1.165, 1.54) is 16.4 Å². The first kappa shape index (κ1) is 28.8. The van der Waals surface area contributed by atoms with Gasteiger partial charge in [-0.25, -0.2) is 28.4 Å². The smallest absolute Gasteiger partial charge is 0.243 e. The number of nitrogens with two attached hydrogens (primary N) is 1. The Labute approximate surface area is 255 Å². The lowest BCUT2D eigenvalue weighted by molar-refractivity contribution is 0.326. The highest BCUT2D eigenvalue weighted by atomic mass is 35.5. The maximum Gasteiger partial charge on any atom is 0.243 e. The maximum absolute atomic E-state index is 13.3. The molecule has 4 heterocycles. The molecule has 0 saturated carbocycles. The maximum atomic E-state index is 13.3. The number of benzene rings is 2. The number of methoxy groups -OCH3 is 1. The van der Waals surface area contributed by atoms with Gasteiger partial charge in [0.05, 0.1) is 29.1 Å². The van der Waals surface area contributed by atoms with Crippen molar-refractivity contribution in [3.8, 4) is 5.75 Å². The molecule has 220 valence electrons. The summed E-state index contributed by atoms with van der Waals surface area (Å²) in [7, 11) is -2.10. The summed E-state index contributed by atoms with van der Waals surface area (Å²) in [5, 5.41) is 3.85. The number of pyridine rings is 1. The summed E-state index contributed by atoms with van der Waals surface area (Å²) < 4.78 is 33.5. The fraction of sp³-hybridized carbons (Fsp3) is 0.226. The summed E-state index contributed by atoms with van der Waals surface area (Å²) in [4.78, 5) is 18.8. The second-order valence-corrected chi connectivity index (χ2v) is 12.7. The molecule has 0 spiro atoms. The van der Waals surface area contributed by atoms with Gasteiger partial charge in [-0.2, -0.15) is 4.31 Å². The largest absolute Gasteiger partial charge is 0.493 e. The fourth-order valence-electron chi connectivity index (χ4n) is 5.30. The van der Waals surface area contributed by atoms with Crippen LogP contribution in [-0.2, 0) is 10.0 Å². The number of ether oxygens (including phenoxy) is 1. The van der Waals surface area contributed by atoms with Gasteiger partial charge in [0.2, 0.25) is 16.0 Å². The lowest BCUT2D eigenvalue weighted by Gasteiger charge is -2.32. The van der Waals surface area contributed by atoms with Crippen LogP contribution in [-0.4, -0.2) is 59.6 Å². The summed E-state index contributed by atoms with van der Waals surface area (Å²) in [6.45, 7) is 0.732. The molecule has 12 heteroatoms. The van der Waals surface area contributed by atoms with E-state index in [0.717, 1.165) is 28.8 Å². The predicted molar refractivity (Wildman–Crippen MR) is 168 cm³/mol. The van der Waals surface area contributed by atoms with Gasteiger partial charge < -0.3 is 15.8 Å². The molecule has 6 rings (SSSR count). The van der Waals surface area contributed by atoms with E-state index in [-0.39, 0.29) is 10.9 Å². The van der Waals surface area contributed by atoms with Crippen LogP contribution in [0.1, 0.15) is 36.1 Å². The summed E-state index contributed by atoms with van der Waals surface area (Å²) in [6.07, 6.45) is 5.45. The molecule has 1 fully saturated rings. The standard InChI is InChI=1S/C31H30ClN7O3S/c1-42-28-16-21(18-35-30(28)33)25-17-27(20-6-3-2-4-7-20)37-29(25)26-13-14-34-31(38-26)36-23-8-5-15-39(19-23)43(40,41)24-11-9-22(32)10-12-24/h2-4,6-7,9-14,16,18,23H,5,8,15,17,19H2,1H3,(H2,33,35)(H,34,36,38)/t23-/m1/s1. The van der Waals surface area contributed by atoms with Gasteiger partial charge >= 0.3 is 0 Å². The van der Waals surface area contributed by atoms with Gasteiger partial charge in [0, 0.05) is 48.5 Å². The van der Waals surface area contributed by atoms with Crippen LogP contribution in [0.3, 0.4) is 0 Å². The molecule has 0 unspecified atom stereocenters. The number of piperidine rings is 1. The van der Waals surface area contributed by atoms with E-state index >= 15 is 0 Å². The van der Waals surface area contributed by atoms with Crippen molar-refractivity contribution in [2.45, 2.75) is 30.2 Å². The number of nitrogens with zero attached hydrogens (tertiary/aromatic N) is 5. The number of aromatic nitrogens is 3. The Kier molecular flexibility index (Phi) is 8.11. The van der Waals surface area contributed by atoms with Gasteiger partial charge in [-0.15, -0.1) is 0 Å². The van der Waals surface area contributed by atoms with E-state index in [0.29, 0.717) is 59.9 Å². The SMILES string of the molecule is COc1cc(C2=C(c3ccnc(N[C@@H]4CCCN(S(=O)(=O)c5ccc(Cl)cc5)C4)n3)N=C(c3ccccc3)C2)cnc1N. The Morgan fingerprint density at radius 2 is 1.84 bits per heavy atom. The topological polar surface area (TPSA) is 136 Å². The molecule has 2 aliphatic heterocycles. The normalized spacial score (nSPS) is 17.5. The van der Waals surface area contributed by atoms with Crippen LogP contribution in [0.15, 0.2) is 89.0 Å². The van der Waals surface area contributed by atoms with E-state index in [4.69, 9.17) is 32.0 Å². The molecule has 3 N–H and O–H groups in total. The Balaban J connectivity index is 1.29. The molecular formula is C31H30ClN7O3S. The lowest BCUT2D eigenvalue weighted by atomic mass is 9.98. The first-order valence-electron chi connectivity index (χ1n) is 13.8. The number of nitrogens with one attached hydrogen (secondary N) is 1. The third kappa shape index (κ3) is 6.10. The van der Waals surface area contributed by atoms with E-state index in [1.54, 1.807) is 31.6 Å². The second-order valence-electron chi connectivity index (χ2n) is 10.3. The summed E-state index contributed by atoms with van der Waals surface area (Å²) in [5.74, 6) is 1.19. The van der Waals surface area contributed by atoms with Crippen LogP contribution in [0.5, 0.6) is 5.75 Å². The number of halogens is 1. The number of hydrogen-bond donors (Lipinski definition) is 2. The highest BCUT2D eigenvalue weighted by molar-refractivity contribution is 7.89. The lowest BCUT2D eigenvalue weighted by Crippen LogP contribution is -2.45. The molecule has 0 aliphatic carbocycles. The number of anilines is 2. The van der Waals surface area contributed by atoms with Crippen molar-refractivity contribution in [1.29, 1.82) is 0 Å². The average molecular weight is 616 g/mol. The Morgan fingerprint density at radius 3 is 2.60 bits per heavy atom. The van der Waals surface area contributed by atoms with Crippen LogP contribution in [0, 0.1) is 0 Å². The highest BCUT2D eigenvalue weighted by Gasteiger charge is 2.31. The fourth-order valence-corrected chi connectivity index (χ4v) is 6.95. The Hall–Kier alpha value is -4.32. The summed E-state index contributed by atoms with van der Waals surface area (Å²) in [5.41, 5.74) is 11.0. The minimum absolute atomic E-state index is 0.169. The van der Waals surface area contributed by atoms with Crippen LogP contribution < -0.4 is 15.8 Å². The van der Waals surface area contributed by atoms with Gasteiger partial charge in [0.1, 0.15) is 0 Å². The average Bonchev–Trinajstić information content (AvgIpc) is 3.48. The molecule has 1 atom stereocenters. The van der Waals surface area contributed by atoms with Crippen molar-refractivity contribution in [3.63, 3.8) is 0 Å². The zero-order valence-corrected chi connectivity index (χ0v) is 25.0. The van der Waals surface area contributed by atoms with Gasteiger partial charge in [0.25, 0.3) is 0 Å². The minimum Gasteiger partial charge on any atom is -0.493 e. The number of nitrogen functional groups attached to an aromatic ring is 1. The molecule has 2 aliphatic rings.